The lowest BCUT2D eigenvalue weighted by atomic mass is 10.0. The summed E-state index contributed by atoms with van der Waals surface area (Å²) in [6.07, 6.45) is 2.13. The van der Waals surface area contributed by atoms with Crippen LogP contribution in [0.15, 0.2) is 23.0 Å². The van der Waals surface area contributed by atoms with Gasteiger partial charge in [-0.05, 0) is 41.9 Å². The summed E-state index contributed by atoms with van der Waals surface area (Å²) in [6.45, 7) is 8.24. The predicted molar refractivity (Wildman–Crippen MR) is 123 cm³/mol. The average Bonchev–Trinajstić information content (AvgIpc) is 3.62. The highest BCUT2D eigenvalue weighted by molar-refractivity contribution is 5.83. The van der Waals surface area contributed by atoms with E-state index in [1.54, 1.807) is 0 Å². The number of nitrogens with zero attached hydrogens (tertiary/aromatic N) is 6. The second-order valence-electron chi connectivity index (χ2n) is 9.07. The Morgan fingerprint density at radius 1 is 1.15 bits per heavy atom. The molecule has 0 aliphatic carbocycles. The number of aromatic amines is 1. The maximum Gasteiger partial charge on any atom is 0.253 e. The van der Waals surface area contributed by atoms with Gasteiger partial charge in [0.2, 0.25) is 6.79 Å². The standard InChI is InChI=1S/C23H29N7O4/c1-2-28-5-7-29(8-6-28)21(22-25-26-27-30(22)13-16-4-3-9-32-16)17-10-15-11-19-20(34-14-33-19)12-18(15)24-23(17)31/h10-12,16,21H,2-9,13-14H2,1H3,(H,24,31)/t16-,21+/m0/s1. The number of piperazine rings is 1. The van der Waals surface area contributed by atoms with Crippen LogP contribution in [0.2, 0.25) is 0 Å². The fourth-order valence-corrected chi connectivity index (χ4v) is 5.17. The summed E-state index contributed by atoms with van der Waals surface area (Å²) in [5, 5.41) is 13.6. The van der Waals surface area contributed by atoms with Gasteiger partial charge in [0.1, 0.15) is 6.04 Å². The molecule has 0 amide bonds. The van der Waals surface area contributed by atoms with E-state index in [9.17, 15) is 4.79 Å². The molecule has 3 aliphatic rings. The first-order chi connectivity index (χ1) is 16.7. The Balaban J connectivity index is 1.42. The van der Waals surface area contributed by atoms with E-state index in [-0.39, 0.29) is 24.5 Å². The maximum absolute atomic E-state index is 13.4. The van der Waals surface area contributed by atoms with Crippen LogP contribution in [0.4, 0.5) is 0 Å². The minimum Gasteiger partial charge on any atom is -0.454 e. The monoisotopic (exact) mass is 467 g/mol. The number of ether oxygens (including phenoxy) is 3. The van der Waals surface area contributed by atoms with Crippen molar-refractivity contribution >= 4 is 10.9 Å². The molecule has 11 nitrogen and oxygen atoms in total. The highest BCUT2D eigenvalue weighted by atomic mass is 16.7. The molecule has 2 aromatic heterocycles. The Kier molecular flexibility index (Phi) is 5.67. The molecule has 3 aromatic rings. The van der Waals surface area contributed by atoms with Gasteiger partial charge in [-0.3, -0.25) is 9.69 Å². The quantitative estimate of drug-likeness (QED) is 0.571. The Bertz CT molecular complexity index is 1230. The highest BCUT2D eigenvalue weighted by Gasteiger charge is 2.33. The molecule has 5 heterocycles. The second kappa shape index (κ2) is 8.97. The molecule has 0 saturated carbocycles. The SMILES string of the molecule is CCN1CCN([C@H](c2cc3cc4c(cc3[nH]c2=O)OCO4)c2nnnn2C[C@@H]2CCCO2)CC1. The lowest BCUT2D eigenvalue weighted by Crippen LogP contribution is -2.49. The van der Waals surface area contributed by atoms with Crippen molar-refractivity contribution in [1.82, 2.24) is 35.0 Å². The first kappa shape index (κ1) is 21.5. The molecular formula is C23H29N7O4. The summed E-state index contributed by atoms with van der Waals surface area (Å²) in [5.74, 6) is 2.00. The van der Waals surface area contributed by atoms with E-state index in [0.29, 0.717) is 34.9 Å². The van der Waals surface area contributed by atoms with Crippen molar-refractivity contribution in [2.45, 2.75) is 38.5 Å². The van der Waals surface area contributed by atoms with Gasteiger partial charge in [-0.15, -0.1) is 5.10 Å². The summed E-state index contributed by atoms with van der Waals surface area (Å²) in [6, 6.07) is 5.31. The van der Waals surface area contributed by atoms with Crippen LogP contribution < -0.4 is 15.0 Å². The maximum atomic E-state index is 13.4. The first-order valence-electron chi connectivity index (χ1n) is 12.0. The highest BCUT2D eigenvalue weighted by Crippen LogP contribution is 2.36. The summed E-state index contributed by atoms with van der Waals surface area (Å²) in [7, 11) is 0. The molecule has 34 heavy (non-hydrogen) atoms. The molecule has 1 aromatic carbocycles. The summed E-state index contributed by atoms with van der Waals surface area (Å²) >= 11 is 0. The zero-order chi connectivity index (χ0) is 23.1. The van der Waals surface area contributed by atoms with E-state index in [4.69, 9.17) is 14.2 Å². The van der Waals surface area contributed by atoms with Crippen molar-refractivity contribution in [3.8, 4) is 11.5 Å². The van der Waals surface area contributed by atoms with E-state index >= 15 is 0 Å². The number of rotatable bonds is 6. The summed E-state index contributed by atoms with van der Waals surface area (Å²) in [5.41, 5.74) is 1.19. The van der Waals surface area contributed by atoms with Gasteiger partial charge in [0.15, 0.2) is 17.3 Å². The third kappa shape index (κ3) is 3.93. The van der Waals surface area contributed by atoms with Crippen LogP contribution in [-0.2, 0) is 11.3 Å². The molecule has 0 spiro atoms. The van der Waals surface area contributed by atoms with Crippen molar-refractivity contribution in [3.05, 3.63) is 39.9 Å². The lowest BCUT2D eigenvalue weighted by Gasteiger charge is -2.38. The van der Waals surface area contributed by atoms with E-state index in [1.165, 1.54) is 0 Å². The molecule has 0 bridgehead atoms. The van der Waals surface area contributed by atoms with Crippen LogP contribution in [0.5, 0.6) is 11.5 Å². The zero-order valence-corrected chi connectivity index (χ0v) is 19.3. The molecule has 2 saturated heterocycles. The Labute approximate surface area is 196 Å². The number of H-pyrrole nitrogens is 1. The van der Waals surface area contributed by atoms with Gasteiger partial charge in [-0.1, -0.05) is 6.92 Å². The summed E-state index contributed by atoms with van der Waals surface area (Å²) < 4.78 is 18.7. The first-order valence-corrected chi connectivity index (χ1v) is 12.0. The number of likely N-dealkylation sites (N-methyl/N-ethyl adjacent to an activating group) is 1. The number of fused-ring (bicyclic) bond motifs is 2. The van der Waals surface area contributed by atoms with Crippen LogP contribution in [0.1, 0.15) is 37.2 Å². The molecule has 6 rings (SSSR count). The van der Waals surface area contributed by atoms with Crippen molar-refractivity contribution < 1.29 is 14.2 Å². The molecule has 0 unspecified atom stereocenters. The van der Waals surface area contributed by atoms with Crippen molar-refractivity contribution in [2.75, 3.05) is 46.1 Å². The third-order valence-corrected chi connectivity index (χ3v) is 7.08. The molecule has 0 radical (unpaired) electrons. The fourth-order valence-electron chi connectivity index (χ4n) is 5.17. The minimum absolute atomic E-state index is 0.0921. The van der Waals surface area contributed by atoms with Gasteiger partial charge in [-0.25, -0.2) is 4.68 Å². The van der Waals surface area contributed by atoms with Crippen molar-refractivity contribution in [3.63, 3.8) is 0 Å². The molecule has 11 heteroatoms. The van der Waals surface area contributed by atoms with Gasteiger partial charge in [0, 0.05) is 49.8 Å². The average molecular weight is 468 g/mol. The number of pyridine rings is 1. The van der Waals surface area contributed by atoms with E-state index in [1.807, 2.05) is 22.9 Å². The van der Waals surface area contributed by atoms with Crippen molar-refractivity contribution in [2.24, 2.45) is 0 Å². The van der Waals surface area contributed by atoms with E-state index < -0.39 is 0 Å². The molecule has 3 aliphatic heterocycles. The third-order valence-electron chi connectivity index (χ3n) is 7.08. The normalized spacial score (nSPS) is 22.0. The van der Waals surface area contributed by atoms with E-state index in [2.05, 4.69) is 37.2 Å². The van der Waals surface area contributed by atoms with E-state index in [0.717, 1.165) is 57.6 Å². The van der Waals surface area contributed by atoms with Gasteiger partial charge in [0.25, 0.3) is 5.56 Å². The van der Waals surface area contributed by atoms with Crippen LogP contribution >= 0.6 is 0 Å². The molecule has 2 fully saturated rings. The Hall–Kier alpha value is -3.02. The number of nitrogens with one attached hydrogen (secondary N) is 1. The van der Waals surface area contributed by atoms with Gasteiger partial charge < -0.3 is 24.1 Å². The minimum atomic E-state index is -0.367. The van der Waals surface area contributed by atoms with Crippen LogP contribution in [0.3, 0.4) is 0 Å². The number of benzene rings is 1. The topological polar surface area (TPSA) is 111 Å². The molecule has 1 N–H and O–H groups in total. The second-order valence-corrected chi connectivity index (χ2v) is 9.07. The van der Waals surface area contributed by atoms with Crippen LogP contribution in [0, 0.1) is 0 Å². The summed E-state index contributed by atoms with van der Waals surface area (Å²) in [4.78, 5) is 21.2. The molecular weight excluding hydrogens is 438 g/mol. The zero-order valence-electron chi connectivity index (χ0n) is 19.3. The fraction of sp³-hybridized carbons (Fsp3) is 0.565. The van der Waals surface area contributed by atoms with Crippen LogP contribution in [0.25, 0.3) is 10.9 Å². The van der Waals surface area contributed by atoms with Gasteiger partial charge >= 0.3 is 0 Å². The number of tetrazole rings is 1. The number of hydrogen-bond acceptors (Lipinski definition) is 9. The largest absolute Gasteiger partial charge is 0.454 e. The van der Waals surface area contributed by atoms with Gasteiger partial charge in [-0.2, -0.15) is 0 Å². The molecule has 180 valence electrons. The molecule has 2 atom stereocenters. The van der Waals surface area contributed by atoms with Gasteiger partial charge in [0.05, 0.1) is 18.2 Å². The Morgan fingerprint density at radius 3 is 2.74 bits per heavy atom. The number of aromatic nitrogens is 5. The van der Waals surface area contributed by atoms with Crippen molar-refractivity contribution in [1.29, 1.82) is 0 Å². The smallest absolute Gasteiger partial charge is 0.253 e. The Morgan fingerprint density at radius 2 is 1.97 bits per heavy atom. The predicted octanol–water partition coefficient (Wildman–Crippen LogP) is 1.15. The number of hydrogen-bond donors (Lipinski definition) is 1. The lowest BCUT2D eigenvalue weighted by molar-refractivity contribution is 0.0860. The van der Waals surface area contributed by atoms with Crippen LogP contribution in [-0.4, -0.2) is 87.2 Å².